The maximum atomic E-state index is 12.7. The van der Waals surface area contributed by atoms with E-state index >= 15 is 0 Å². The summed E-state index contributed by atoms with van der Waals surface area (Å²) < 4.78 is 0. The van der Waals surface area contributed by atoms with Crippen LogP contribution in [0.1, 0.15) is 63.0 Å². The van der Waals surface area contributed by atoms with Crippen LogP contribution in [-0.4, -0.2) is 17.2 Å². The lowest BCUT2D eigenvalue weighted by atomic mass is 9.70. The van der Waals surface area contributed by atoms with Crippen molar-refractivity contribution < 1.29 is 4.79 Å². The number of carbonyl (C=O) groups excluding carboxylic acids is 1. The molecule has 1 aliphatic carbocycles. The molecular formula is C21H24N2OS. The van der Waals surface area contributed by atoms with Gasteiger partial charge in [-0.2, -0.15) is 5.26 Å². The molecule has 25 heavy (non-hydrogen) atoms. The molecule has 0 saturated heterocycles. The zero-order chi connectivity index (χ0) is 18.0. The minimum atomic E-state index is -0.255. The number of ketones is 1. The van der Waals surface area contributed by atoms with Gasteiger partial charge in [0.05, 0.1) is 17.6 Å². The molecular weight excluding hydrogens is 328 g/mol. The maximum Gasteiger partial charge on any atom is 0.142 e. The minimum absolute atomic E-state index is 0.180. The van der Waals surface area contributed by atoms with Crippen molar-refractivity contribution in [3.8, 4) is 6.07 Å². The second-order valence-corrected chi connectivity index (χ2v) is 8.22. The fourth-order valence-corrected chi connectivity index (χ4v) is 4.53. The molecule has 2 atom stereocenters. The van der Waals surface area contributed by atoms with Gasteiger partial charge < -0.3 is 0 Å². The Hall–Kier alpha value is -1.86. The van der Waals surface area contributed by atoms with Crippen molar-refractivity contribution >= 4 is 23.3 Å². The molecule has 1 saturated carbocycles. The number of thioether (sulfide) groups is 1. The fourth-order valence-electron chi connectivity index (χ4n) is 3.75. The molecule has 130 valence electrons. The lowest BCUT2D eigenvalue weighted by Gasteiger charge is -2.34. The van der Waals surface area contributed by atoms with Crippen molar-refractivity contribution in [3.05, 3.63) is 46.0 Å². The van der Waals surface area contributed by atoms with E-state index in [0.717, 1.165) is 34.9 Å². The van der Waals surface area contributed by atoms with E-state index in [9.17, 15) is 10.1 Å². The predicted molar refractivity (Wildman–Crippen MR) is 104 cm³/mol. The third-order valence-electron chi connectivity index (χ3n) is 5.05. The summed E-state index contributed by atoms with van der Waals surface area (Å²) in [4.78, 5) is 17.4. The number of benzene rings is 1. The van der Waals surface area contributed by atoms with Crippen LogP contribution in [-0.2, 0) is 4.79 Å². The first-order valence-corrected chi connectivity index (χ1v) is 10.0. The normalized spacial score (nSPS) is 23.3. The zero-order valence-corrected chi connectivity index (χ0v) is 15.9. The molecule has 0 amide bonds. The van der Waals surface area contributed by atoms with Gasteiger partial charge >= 0.3 is 0 Å². The van der Waals surface area contributed by atoms with E-state index in [1.807, 2.05) is 0 Å². The summed E-state index contributed by atoms with van der Waals surface area (Å²) in [6.45, 7) is 6.40. The van der Waals surface area contributed by atoms with Crippen LogP contribution in [0.5, 0.6) is 0 Å². The van der Waals surface area contributed by atoms with Crippen molar-refractivity contribution in [2.24, 2.45) is 10.9 Å². The second kappa shape index (κ2) is 7.58. The number of allylic oxidation sites excluding steroid dienone is 1. The molecule has 3 rings (SSSR count). The fraction of sp³-hybridized carbons (Fsp3) is 0.476. The SMILES string of the molecule is CCSC1=C(C#N)[C@H](c2ccc(C(C)C)cc2)[C@H]2C(=O)CCCC2=N1. The molecule has 4 heteroatoms. The first-order chi connectivity index (χ1) is 12.1. The number of fused-ring (bicyclic) bond motifs is 1. The summed E-state index contributed by atoms with van der Waals surface area (Å²) >= 11 is 1.61. The van der Waals surface area contributed by atoms with Crippen molar-refractivity contribution in [1.29, 1.82) is 5.26 Å². The first kappa shape index (κ1) is 17.9. The van der Waals surface area contributed by atoms with Gasteiger partial charge in [-0.15, -0.1) is 11.8 Å². The Labute approximate surface area is 154 Å². The Morgan fingerprint density at radius 3 is 2.56 bits per heavy atom. The summed E-state index contributed by atoms with van der Waals surface area (Å²) in [7, 11) is 0. The van der Waals surface area contributed by atoms with Gasteiger partial charge in [-0.1, -0.05) is 45.0 Å². The van der Waals surface area contributed by atoms with Crippen LogP contribution in [0.25, 0.3) is 0 Å². The number of Topliss-reactive ketones (excluding diaryl/α,β-unsaturated/α-hetero) is 1. The number of hydrogen-bond acceptors (Lipinski definition) is 4. The second-order valence-electron chi connectivity index (χ2n) is 6.96. The van der Waals surface area contributed by atoms with Gasteiger partial charge in [-0.05, 0) is 35.6 Å². The molecule has 0 aromatic heterocycles. The molecule has 0 radical (unpaired) electrons. The highest BCUT2D eigenvalue weighted by atomic mass is 32.2. The van der Waals surface area contributed by atoms with E-state index in [0.29, 0.717) is 17.9 Å². The Morgan fingerprint density at radius 1 is 1.24 bits per heavy atom. The molecule has 1 fully saturated rings. The molecule has 0 spiro atoms. The number of nitriles is 1. The molecule has 3 nitrogen and oxygen atoms in total. The Morgan fingerprint density at radius 2 is 1.96 bits per heavy atom. The van der Waals surface area contributed by atoms with Crippen molar-refractivity contribution in [3.63, 3.8) is 0 Å². The standard InChI is InChI=1S/C21H24N2OS/c1-4-25-21-16(12-22)19(15-10-8-14(9-11-15)13(2)3)20-17(23-21)6-5-7-18(20)24/h8-11,13,19-20H,4-7H2,1-3H3/t19-,20+/m0/s1. The number of rotatable bonds is 4. The molecule has 1 aromatic rings. The Bertz CT molecular complexity index is 768. The molecule has 1 heterocycles. The van der Waals surface area contributed by atoms with E-state index in [4.69, 9.17) is 4.99 Å². The van der Waals surface area contributed by atoms with Crippen LogP contribution >= 0.6 is 11.8 Å². The molecule has 0 unspecified atom stereocenters. The van der Waals surface area contributed by atoms with Crippen LogP contribution in [0.15, 0.2) is 39.9 Å². The highest BCUT2D eigenvalue weighted by Gasteiger charge is 2.41. The highest BCUT2D eigenvalue weighted by Crippen LogP contribution is 2.44. The van der Waals surface area contributed by atoms with Crippen LogP contribution in [0, 0.1) is 17.2 Å². The lowest BCUT2D eigenvalue weighted by Crippen LogP contribution is -2.37. The van der Waals surface area contributed by atoms with Gasteiger partial charge in [0.15, 0.2) is 0 Å². The summed E-state index contributed by atoms with van der Waals surface area (Å²) in [5, 5.41) is 10.6. The van der Waals surface area contributed by atoms with Crippen LogP contribution in [0.4, 0.5) is 0 Å². The summed E-state index contributed by atoms with van der Waals surface area (Å²) in [6, 6.07) is 10.8. The van der Waals surface area contributed by atoms with Crippen molar-refractivity contribution in [1.82, 2.24) is 0 Å². The van der Waals surface area contributed by atoms with E-state index in [1.54, 1.807) is 11.8 Å². The Balaban J connectivity index is 2.10. The predicted octanol–water partition coefficient (Wildman–Crippen LogP) is 5.21. The zero-order valence-electron chi connectivity index (χ0n) is 15.1. The van der Waals surface area contributed by atoms with Gasteiger partial charge in [-0.3, -0.25) is 4.79 Å². The minimum Gasteiger partial charge on any atom is -0.299 e. The smallest absolute Gasteiger partial charge is 0.142 e. The van der Waals surface area contributed by atoms with E-state index in [1.165, 1.54) is 5.56 Å². The topological polar surface area (TPSA) is 53.2 Å². The molecule has 0 N–H and O–H groups in total. The number of hydrogen-bond donors (Lipinski definition) is 0. The molecule has 2 aliphatic rings. The molecule has 1 aliphatic heterocycles. The summed E-state index contributed by atoms with van der Waals surface area (Å²) in [5.41, 5.74) is 3.97. The largest absolute Gasteiger partial charge is 0.299 e. The van der Waals surface area contributed by atoms with Gasteiger partial charge in [0.2, 0.25) is 0 Å². The summed E-state index contributed by atoms with van der Waals surface area (Å²) in [5.74, 6) is 1.13. The van der Waals surface area contributed by atoms with E-state index in [2.05, 4.69) is 51.1 Å². The van der Waals surface area contributed by atoms with Crippen LogP contribution < -0.4 is 0 Å². The lowest BCUT2D eigenvalue weighted by molar-refractivity contribution is -0.121. The van der Waals surface area contributed by atoms with Gasteiger partial charge in [0.25, 0.3) is 0 Å². The molecule has 1 aromatic carbocycles. The number of aliphatic imine (C=N–C) groups is 1. The maximum absolute atomic E-state index is 12.7. The van der Waals surface area contributed by atoms with E-state index < -0.39 is 0 Å². The van der Waals surface area contributed by atoms with Gasteiger partial charge in [-0.25, -0.2) is 4.99 Å². The van der Waals surface area contributed by atoms with Crippen LogP contribution in [0.3, 0.4) is 0 Å². The van der Waals surface area contributed by atoms with Gasteiger partial charge in [0.1, 0.15) is 10.8 Å². The monoisotopic (exact) mass is 352 g/mol. The number of nitrogens with zero attached hydrogens (tertiary/aromatic N) is 2. The third kappa shape index (κ3) is 3.43. The summed E-state index contributed by atoms with van der Waals surface area (Å²) in [6.07, 6.45) is 2.34. The first-order valence-electron chi connectivity index (χ1n) is 9.03. The van der Waals surface area contributed by atoms with Gasteiger partial charge in [0, 0.05) is 18.1 Å². The van der Waals surface area contributed by atoms with Crippen LogP contribution in [0.2, 0.25) is 0 Å². The van der Waals surface area contributed by atoms with Crippen molar-refractivity contribution in [2.75, 3.05) is 5.75 Å². The van der Waals surface area contributed by atoms with Crippen molar-refractivity contribution in [2.45, 2.75) is 51.9 Å². The Kier molecular flexibility index (Phi) is 5.44. The molecule has 0 bridgehead atoms. The average molecular weight is 353 g/mol. The third-order valence-corrected chi connectivity index (χ3v) is 5.92. The number of carbonyl (C=O) groups is 1. The average Bonchev–Trinajstić information content (AvgIpc) is 2.61. The highest BCUT2D eigenvalue weighted by molar-refractivity contribution is 8.03. The quantitative estimate of drug-likeness (QED) is 0.748. The van der Waals surface area contributed by atoms with E-state index in [-0.39, 0.29) is 17.6 Å².